The Bertz CT molecular complexity index is 888. The largest absolute Gasteiger partial charge is 0.437 e. The number of fused-ring (bicyclic) bond motifs is 1. The Kier molecular flexibility index (Phi) is 6.17. The van der Waals surface area contributed by atoms with Crippen LogP contribution in [0.25, 0.3) is 23.3 Å². The van der Waals surface area contributed by atoms with Gasteiger partial charge in [0.05, 0.1) is 5.69 Å². The number of hydrogen-bond donors (Lipinski definition) is 0. The summed E-state index contributed by atoms with van der Waals surface area (Å²) in [5.41, 5.74) is 5.28. The molecular weight excluding hydrogens is 334 g/mol. The number of benzene rings is 2. The van der Waals surface area contributed by atoms with E-state index in [0.29, 0.717) is 5.89 Å². The third-order valence-corrected chi connectivity index (χ3v) is 4.96. The summed E-state index contributed by atoms with van der Waals surface area (Å²) in [6.07, 6.45) is 3.99. The number of aromatic nitrogens is 1. The summed E-state index contributed by atoms with van der Waals surface area (Å²) in [6, 6.07) is 14.7. The molecule has 0 spiro atoms. The van der Waals surface area contributed by atoms with Crippen LogP contribution < -0.4 is 9.80 Å². The predicted octanol–water partition coefficient (Wildman–Crippen LogP) is 5.69. The molecular formula is C23H29N3O. The van der Waals surface area contributed by atoms with Gasteiger partial charge >= 0.3 is 0 Å². The van der Waals surface area contributed by atoms with Crippen LogP contribution in [-0.2, 0) is 0 Å². The molecule has 0 aliphatic rings. The van der Waals surface area contributed by atoms with Gasteiger partial charge in [0.25, 0.3) is 0 Å². The van der Waals surface area contributed by atoms with Gasteiger partial charge < -0.3 is 14.2 Å². The summed E-state index contributed by atoms with van der Waals surface area (Å²) in [4.78, 5) is 9.35. The summed E-state index contributed by atoms with van der Waals surface area (Å²) in [7, 11) is 0. The van der Waals surface area contributed by atoms with Crippen molar-refractivity contribution in [1.82, 2.24) is 4.98 Å². The highest BCUT2D eigenvalue weighted by atomic mass is 16.3. The molecule has 0 unspecified atom stereocenters. The van der Waals surface area contributed by atoms with Crippen LogP contribution in [0.15, 0.2) is 46.9 Å². The van der Waals surface area contributed by atoms with Gasteiger partial charge in [-0.2, -0.15) is 0 Å². The van der Waals surface area contributed by atoms with Crippen LogP contribution in [0.5, 0.6) is 0 Å². The molecule has 0 saturated heterocycles. The molecule has 0 bridgehead atoms. The van der Waals surface area contributed by atoms with E-state index in [0.717, 1.165) is 48.5 Å². The van der Waals surface area contributed by atoms with E-state index in [2.05, 4.69) is 67.8 Å². The SMILES string of the molecule is CCN(CC)c1ccc(C=Cc2nc3c(N(CC)CC)cccc3o2)cc1. The maximum Gasteiger partial charge on any atom is 0.220 e. The molecule has 0 amide bonds. The first-order chi connectivity index (χ1) is 13.2. The fourth-order valence-electron chi connectivity index (χ4n) is 3.39. The lowest BCUT2D eigenvalue weighted by molar-refractivity contribution is 0.589. The number of oxazole rings is 1. The van der Waals surface area contributed by atoms with Crippen molar-refractivity contribution in [2.24, 2.45) is 0 Å². The highest BCUT2D eigenvalue weighted by Gasteiger charge is 2.12. The van der Waals surface area contributed by atoms with Crippen LogP contribution >= 0.6 is 0 Å². The van der Waals surface area contributed by atoms with Gasteiger partial charge in [0.1, 0.15) is 5.52 Å². The van der Waals surface area contributed by atoms with Crippen molar-refractivity contribution < 1.29 is 4.42 Å². The van der Waals surface area contributed by atoms with Gasteiger partial charge in [-0.3, -0.25) is 0 Å². The van der Waals surface area contributed by atoms with E-state index >= 15 is 0 Å². The highest BCUT2D eigenvalue weighted by Crippen LogP contribution is 2.27. The van der Waals surface area contributed by atoms with Crippen LogP contribution in [0, 0.1) is 0 Å². The molecule has 3 aromatic rings. The summed E-state index contributed by atoms with van der Waals surface area (Å²) >= 11 is 0. The quantitative estimate of drug-likeness (QED) is 0.514. The van der Waals surface area contributed by atoms with Crippen LogP contribution in [0.4, 0.5) is 11.4 Å². The van der Waals surface area contributed by atoms with Gasteiger partial charge in [-0.1, -0.05) is 18.2 Å². The smallest absolute Gasteiger partial charge is 0.220 e. The summed E-state index contributed by atoms with van der Waals surface area (Å²) in [5, 5.41) is 0. The summed E-state index contributed by atoms with van der Waals surface area (Å²) in [6.45, 7) is 12.6. The zero-order valence-electron chi connectivity index (χ0n) is 16.8. The molecule has 1 heterocycles. The second-order valence-corrected chi connectivity index (χ2v) is 6.45. The fourth-order valence-corrected chi connectivity index (χ4v) is 3.39. The molecule has 4 heteroatoms. The van der Waals surface area contributed by atoms with Crippen molar-refractivity contribution in [1.29, 1.82) is 0 Å². The minimum Gasteiger partial charge on any atom is -0.437 e. The second kappa shape index (κ2) is 8.76. The highest BCUT2D eigenvalue weighted by molar-refractivity contribution is 5.88. The third-order valence-electron chi connectivity index (χ3n) is 4.96. The molecule has 2 aromatic carbocycles. The van der Waals surface area contributed by atoms with Crippen LogP contribution in [0.2, 0.25) is 0 Å². The van der Waals surface area contributed by atoms with Crippen molar-refractivity contribution in [2.75, 3.05) is 36.0 Å². The van der Waals surface area contributed by atoms with Gasteiger partial charge in [0, 0.05) is 37.9 Å². The first kappa shape index (κ1) is 19.0. The van der Waals surface area contributed by atoms with Crippen LogP contribution in [-0.4, -0.2) is 31.2 Å². The Morgan fingerprint density at radius 1 is 0.815 bits per heavy atom. The molecule has 0 N–H and O–H groups in total. The topological polar surface area (TPSA) is 32.5 Å². The van der Waals surface area contributed by atoms with E-state index in [1.165, 1.54) is 5.69 Å². The lowest BCUT2D eigenvalue weighted by atomic mass is 10.2. The van der Waals surface area contributed by atoms with E-state index in [-0.39, 0.29) is 0 Å². The molecule has 0 fully saturated rings. The van der Waals surface area contributed by atoms with Crippen molar-refractivity contribution in [2.45, 2.75) is 27.7 Å². The monoisotopic (exact) mass is 363 g/mol. The van der Waals surface area contributed by atoms with E-state index in [4.69, 9.17) is 9.40 Å². The van der Waals surface area contributed by atoms with Crippen molar-refractivity contribution in [3.63, 3.8) is 0 Å². The zero-order valence-corrected chi connectivity index (χ0v) is 16.8. The molecule has 142 valence electrons. The average molecular weight is 364 g/mol. The molecule has 4 nitrogen and oxygen atoms in total. The van der Waals surface area contributed by atoms with E-state index in [1.54, 1.807) is 0 Å². The predicted molar refractivity (Wildman–Crippen MR) is 117 cm³/mol. The van der Waals surface area contributed by atoms with Gasteiger partial charge in [-0.15, -0.1) is 0 Å². The maximum atomic E-state index is 5.93. The van der Waals surface area contributed by atoms with Gasteiger partial charge in [-0.05, 0) is 63.6 Å². The minimum atomic E-state index is 0.637. The number of para-hydroxylation sites is 1. The number of nitrogens with zero attached hydrogens (tertiary/aromatic N) is 3. The van der Waals surface area contributed by atoms with Crippen molar-refractivity contribution in [3.8, 4) is 0 Å². The Morgan fingerprint density at radius 3 is 2.11 bits per heavy atom. The third kappa shape index (κ3) is 4.16. The zero-order chi connectivity index (χ0) is 19.2. The Hall–Kier alpha value is -2.75. The van der Waals surface area contributed by atoms with E-state index in [1.807, 2.05) is 24.3 Å². The first-order valence-corrected chi connectivity index (χ1v) is 9.87. The summed E-state index contributed by atoms with van der Waals surface area (Å²) < 4.78 is 5.93. The Morgan fingerprint density at radius 2 is 1.48 bits per heavy atom. The lowest BCUT2D eigenvalue weighted by Gasteiger charge is -2.20. The van der Waals surface area contributed by atoms with Crippen LogP contribution in [0.3, 0.4) is 0 Å². The molecule has 0 saturated carbocycles. The Balaban J connectivity index is 1.83. The molecule has 0 aliphatic heterocycles. The van der Waals surface area contributed by atoms with Gasteiger partial charge in [0.2, 0.25) is 5.89 Å². The number of anilines is 2. The van der Waals surface area contributed by atoms with Crippen molar-refractivity contribution in [3.05, 3.63) is 53.9 Å². The number of hydrogen-bond acceptors (Lipinski definition) is 4. The standard InChI is InChI=1S/C23H29N3O/c1-5-25(6-2)19-15-12-18(13-16-19)14-17-22-24-23-20(26(7-3)8-4)10-9-11-21(23)27-22/h9-17H,5-8H2,1-4H3. The Labute approximate surface area is 162 Å². The molecule has 0 atom stereocenters. The molecule has 0 radical (unpaired) electrons. The van der Waals surface area contributed by atoms with Gasteiger partial charge in [0.15, 0.2) is 5.58 Å². The van der Waals surface area contributed by atoms with Crippen LogP contribution in [0.1, 0.15) is 39.1 Å². The van der Waals surface area contributed by atoms with Gasteiger partial charge in [-0.25, -0.2) is 4.98 Å². The maximum absolute atomic E-state index is 5.93. The molecule has 27 heavy (non-hydrogen) atoms. The fraction of sp³-hybridized carbons (Fsp3) is 0.348. The molecule has 1 aromatic heterocycles. The lowest BCUT2D eigenvalue weighted by Crippen LogP contribution is -2.21. The first-order valence-electron chi connectivity index (χ1n) is 9.87. The normalized spacial score (nSPS) is 11.4. The van der Waals surface area contributed by atoms with Crippen molar-refractivity contribution >= 4 is 34.6 Å². The second-order valence-electron chi connectivity index (χ2n) is 6.45. The molecule has 3 rings (SSSR count). The average Bonchev–Trinajstić information content (AvgIpc) is 3.13. The summed E-state index contributed by atoms with van der Waals surface area (Å²) in [5.74, 6) is 0.637. The molecule has 0 aliphatic carbocycles. The van der Waals surface area contributed by atoms with E-state index < -0.39 is 0 Å². The minimum absolute atomic E-state index is 0.637. The number of rotatable bonds is 8. The van der Waals surface area contributed by atoms with E-state index in [9.17, 15) is 0 Å².